The summed E-state index contributed by atoms with van der Waals surface area (Å²) in [7, 11) is 0. The second-order valence-electron chi connectivity index (χ2n) is 5.41. The minimum atomic E-state index is -0.0648. The first-order valence-corrected chi connectivity index (χ1v) is 7.60. The van der Waals surface area contributed by atoms with Crippen LogP contribution in [0.2, 0.25) is 0 Å². The number of rotatable bonds is 5. The van der Waals surface area contributed by atoms with Crippen LogP contribution in [-0.2, 0) is 14.3 Å². The summed E-state index contributed by atoms with van der Waals surface area (Å²) in [5.74, 6) is -0.116. The van der Waals surface area contributed by atoms with E-state index in [4.69, 9.17) is 4.74 Å². The fourth-order valence-corrected chi connectivity index (χ4v) is 2.26. The molecule has 1 atom stereocenters. The number of ether oxygens (including phenoxy) is 1. The molecule has 2 rings (SSSR count). The van der Waals surface area contributed by atoms with Crippen molar-refractivity contribution in [1.82, 2.24) is 5.32 Å². The average molecular weight is 342 g/mol. The van der Waals surface area contributed by atoms with E-state index in [-0.39, 0.29) is 30.3 Å². The lowest BCUT2D eigenvalue weighted by Crippen LogP contribution is -2.43. The van der Waals surface area contributed by atoms with Gasteiger partial charge in [0.15, 0.2) is 0 Å². The molecular weight excluding hydrogens is 318 g/mol. The van der Waals surface area contributed by atoms with Crippen LogP contribution in [0.3, 0.4) is 0 Å². The highest BCUT2D eigenvalue weighted by atomic mass is 35.5. The summed E-state index contributed by atoms with van der Waals surface area (Å²) in [5.41, 5.74) is 2.36. The van der Waals surface area contributed by atoms with Crippen LogP contribution >= 0.6 is 12.4 Å². The van der Waals surface area contributed by atoms with Gasteiger partial charge in [0.25, 0.3) is 0 Å². The quantitative estimate of drug-likeness (QED) is 0.766. The Hall–Kier alpha value is -1.63. The second kappa shape index (κ2) is 9.50. The van der Waals surface area contributed by atoms with Crippen molar-refractivity contribution in [3.8, 4) is 0 Å². The van der Waals surface area contributed by atoms with E-state index >= 15 is 0 Å². The lowest BCUT2D eigenvalue weighted by molar-refractivity contribution is -0.117. The van der Waals surface area contributed by atoms with Gasteiger partial charge >= 0.3 is 0 Å². The molecule has 23 heavy (non-hydrogen) atoms. The smallest absolute Gasteiger partial charge is 0.226 e. The monoisotopic (exact) mass is 341 g/mol. The molecule has 1 unspecified atom stereocenters. The summed E-state index contributed by atoms with van der Waals surface area (Å²) in [6, 6.07) is 5.54. The third-order valence-corrected chi connectivity index (χ3v) is 3.55. The summed E-state index contributed by atoms with van der Waals surface area (Å²) >= 11 is 0. The molecule has 3 N–H and O–H groups in total. The molecule has 1 fully saturated rings. The fourth-order valence-electron chi connectivity index (χ4n) is 2.26. The molecule has 1 aromatic carbocycles. The fraction of sp³-hybridized carbons (Fsp3) is 0.500. The SMILES string of the molecule is CCC(=O)Nc1ccc(C)c(NC(=O)CC2COCCN2)c1.Cl. The first-order chi connectivity index (χ1) is 10.6. The molecule has 0 saturated carbocycles. The summed E-state index contributed by atoms with van der Waals surface area (Å²) in [6.45, 7) is 5.74. The molecule has 0 spiro atoms. The van der Waals surface area contributed by atoms with E-state index in [9.17, 15) is 9.59 Å². The minimum absolute atomic E-state index is 0. The number of carbonyl (C=O) groups excluding carboxylic acids is 2. The molecule has 1 aliphatic rings. The standard InChI is InChI=1S/C16H23N3O3.ClH/c1-3-15(20)18-12-5-4-11(2)14(8-12)19-16(21)9-13-10-22-7-6-17-13;/h4-5,8,13,17H,3,6-7,9-10H2,1-2H3,(H,18,20)(H,19,21);1H. The molecule has 0 bridgehead atoms. The molecule has 7 heteroatoms. The van der Waals surface area contributed by atoms with Crippen LogP contribution in [0.5, 0.6) is 0 Å². The number of nitrogens with one attached hydrogen (secondary N) is 3. The van der Waals surface area contributed by atoms with Gasteiger partial charge in [0, 0.05) is 36.8 Å². The van der Waals surface area contributed by atoms with Gasteiger partial charge in [-0.25, -0.2) is 0 Å². The molecule has 1 aliphatic heterocycles. The van der Waals surface area contributed by atoms with Gasteiger partial charge < -0.3 is 20.7 Å². The van der Waals surface area contributed by atoms with Crippen LogP contribution in [0, 0.1) is 6.92 Å². The van der Waals surface area contributed by atoms with Crippen molar-refractivity contribution in [2.24, 2.45) is 0 Å². The number of hydrogen-bond acceptors (Lipinski definition) is 4. The number of aryl methyl sites for hydroxylation is 1. The van der Waals surface area contributed by atoms with Gasteiger partial charge in [-0.2, -0.15) is 0 Å². The first-order valence-electron chi connectivity index (χ1n) is 7.60. The van der Waals surface area contributed by atoms with E-state index in [1.54, 1.807) is 13.0 Å². The average Bonchev–Trinajstić information content (AvgIpc) is 2.51. The molecule has 6 nitrogen and oxygen atoms in total. The highest BCUT2D eigenvalue weighted by Crippen LogP contribution is 2.21. The summed E-state index contributed by atoms with van der Waals surface area (Å²) in [4.78, 5) is 23.6. The molecule has 2 amide bonds. The van der Waals surface area contributed by atoms with Crippen LogP contribution in [0.4, 0.5) is 11.4 Å². The van der Waals surface area contributed by atoms with Crippen LogP contribution in [0.25, 0.3) is 0 Å². The van der Waals surface area contributed by atoms with Crippen molar-refractivity contribution in [1.29, 1.82) is 0 Å². The Morgan fingerprint density at radius 3 is 2.74 bits per heavy atom. The van der Waals surface area contributed by atoms with E-state index in [1.165, 1.54) is 0 Å². The number of anilines is 2. The number of hydrogen-bond donors (Lipinski definition) is 3. The van der Waals surface area contributed by atoms with Crippen molar-refractivity contribution < 1.29 is 14.3 Å². The molecule has 1 aromatic rings. The Morgan fingerprint density at radius 1 is 1.30 bits per heavy atom. The van der Waals surface area contributed by atoms with E-state index in [1.807, 2.05) is 19.1 Å². The zero-order chi connectivity index (χ0) is 15.9. The number of halogens is 1. The largest absolute Gasteiger partial charge is 0.378 e. The van der Waals surface area contributed by atoms with Crippen LogP contribution in [0.1, 0.15) is 25.3 Å². The first kappa shape index (κ1) is 19.4. The maximum atomic E-state index is 12.1. The van der Waals surface area contributed by atoms with Crippen molar-refractivity contribution in [3.05, 3.63) is 23.8 Å². The Kier molecular flexibility index (Phi) is 8.02. The maximum Gasteiger partial charge on any atom is 0.226 e. The predicted octanol–water partition coefficient (Wildman–Crippen LogP) is 2.08. The molecular formula is C16H24ClN3O3. The van der Waals surface area contributed by atoms with Crippen molar-refractivity contribution in [2.75, 3.05) is 30.4 Å². The Morgan fingerprint density at radius 2 is 2.09 bits per heavy atom. The van der Waals surface area contributed by atoms with Crippen molar-refractivity contribution in [2.45, 2.75) is 32.7 Å². The lowest BCUT2D eigenvalue weighted by atomic mass is 10.1. The molecule has 1 heterocycles. The van der Waals surface area contributed by atoms with Crippen LogP contribution in [-0.4, -0.2) is 37.6 Å². The van der Waals surface area contributed by atoms with E-state index in [0.717, 1.165) is 17.8 Å². The van der Waals surface area contributed by atoms with E-state index < -0.39 is 0 Å². The van der Waals surface area contributed by atoms with Gasteiger partial charge in [-0.1, -0.05) is 13.0 Å². The number of carbonyl (C=O) groups is 2. The van der Waals surface area contributed by atoms with Gasteiger partial charge in [-0.15, -0.1) is 12.4 Å². The molecule has 0 aromatic heterocycles. The van der Waals surface area contributed by atoms with Gasteiger partial charge in [-0.3, -0.25) is 9.59 Å². The Balaban J connectivity index is 0.00000264. The molecule has 0 aliphatic carbocycles. The zero-order valence-electron chi connectivity index (χ0n) is 13.5. The third-order valence-electron chi connectivity index (χ3n) is 3.55. The highest BCUT2D eigenvalue weighted by molar-refractivity contribution is 5.94. The third kappa shape index (κ3) is 6.17. The van der Waals surface area contributed by atoms with Crippen molar-refractivity contribution >= 4 is 35.6 Å². The summed E-state index contributed by atoms with van der Waals surface area (Å²) in [6.07, 6.45) is 0.786. The van der Waals surface area contributed by atoms with Crippen LogP contribution < -0.4 is 16.0 Å². The summed E-state index contributed by atoms with van der Waals surface area (Å²) < 4.78 is 5.34. The van der Waals surface area contributed by atoms with Gasteiger partial charge in [0.05, 0.1) is 13.2 Å². The summed E-state index contributed by atoms with van der Waals surface area (Å²) in [5, 5.41) is 8.95. The van der Waals surface area contributed by atoms with Crippen LogP contribution in [0.15, 0.2) is 18.2 Å². The normalized spacial score (nSPS) is 17.0. The molecule has 128 valence electrons. The number of amides is 2. The van der Waals surface area contributed by atoms with Crippen molar-refractivity contribution in [3.63, 3.8) is 0 Å². The van der Waals surface area contributed by atoms with E-state index in [0.29, 0.717) is 31.7 Å². The maximum absolute atomic E-state index is 12.1. The van der Waals surface area contributed by atoms with Gasteiger partial charge in [0.1, 0.15) is 0 Å². The lowest BCUT2D eigenvalue weighted by Gasteiger charge is -2.23. The minimum Gasteiger partial charge on any atom is -0.378 e. The Bertz CT molecular complexity index is 545. The topological polar surface area (TPSA) is 79.5 Å². The highest BCUT2D eigenvalue weighted by Gasteiger charge is 2.17. The van der Waals surface area contributed by atoms with Gasteiger partial charge in [-0.05, 0) is 24.6 Å². The number of benzene rings is 1. The van der Waals surface area contributed by atoms with Gasteiger partial charge in [0.2, 0.25) is 11.8 Å². The Labute approximate surface area is 142 Å². The predicted molar refractivity (Wildman–Crippen MR) is 93.2 cm³/mol. The zero-order valence-corrected chi connectivity index (χ0v) is 14.3. The second-order valence-corrected chi connectivity index (χ2v) is 5.41. The molecule has 1 saturated heterocycles. The van der Waals surface area contributed by atoms with E-state index in [2.05, 4.69) is 16.0 Å². The number of morpholine rings is 1. The molecule has 0 radical (unpaired) electrons.